The largest absolute Gasteiger partial charge is 0.485 e. The van der Waals surface area contributed by atoms with E-state index in [4.69, 9.17) is 13.9 Å². The maximum Gasteiger partial charge on any atom is 0.336 e. The van der Waals surface area contributed by atoms with Crippen molar-refractivity contribution in [1.82, 2.24) is 0 Å². The van der Waals surface area contributed by atoms with E-state index in [1.165, 1.54) is 13.2 Å². The summed E-state index contributed by atoms with van der Waals surface area (Å²) in [5.74, 6) is 0.564. The summed E-state index contributed by atoms with van der Waals surface area (Å²) in [5.41, 5.74) is -0.248. The van der Waals surface area contributed by atoms with Crippen molar-refractivity contribution in [2.45, 2.75) is 31.7 Å². The van der Waals surface area contributed by atoms with Crippen molar-refractivity contribution in [3.8, 4) is 5.75 Å². The molecule has 0 saturated heterocycles. The molecule has 1 aliphatic heterocycles. The molecule has 2 atom stereocenters. The molecule has 0 bridgehead atoms. The first-order chi connectivity index (χ1) is 9.44. The van der Waals surface area contributed by atoms with Gasteiger partial charge in [-0.15, -0.1) is 0 Å². The lowest BCUT2D eigenvalue weighted by atomic mass is 9.87. The minimum Gasteiger partial charge on any atom is -0.485 e. The van der Waals surface area contributed by atoms with Crippen LogP contribution < -0.4 is 10.4 Å². The minimum atomic E-state index is -0.865. The maximum absolute atomic E-state index is 11.5. The van der Waals surface area contributed by atoms with E-state index in [-0.39, 0.29) is 0 Å². The van der Waals surface area contributed by atoms with Crippen molar-refractivity contribution in [2.24, 2.45) is 0 Å². The van der Waals surface area contributed by atoms with Crippen LogP contribution in [0.2, 0.25) is 0 Å². The van der Waals surface area contributed by atoms with Gasteiger partial charge >= 0.3 is 5.63 Å². The van der Waals surface area contributed by atoms with E-state index in [0.29, 0.717) is 16.9 Å². The topological polar surface area (TPSA) is 68.9 Å². The molecule has 3 rings (SSSR count). The first kappa shape index (κ1) is 13.1. The summed E-state index contributed by atoms with van der Waals surface area (Å²) in [6, 6.07) is 6.66. The van der Waals surface area contributed by atoms with Crippen LogP contribution in [0.1, 0.15) is 25.5 Å². The van der Waals surface area contributed by atoms with Gasteiger partial charge in [-0.05, 0) is 32.0 Å². The monoisotopic (exact) mass is 276 g/mol. The Hall–Kier alpha value is -1.85. The summed E-state index contributed by atoms with van der Waals surface area (Å²) in [6.07, 6.45) is -1.47. The highest BCUT2D eigenvalue weighted by Crippen LogP contribution is 2.44. The van der Waals surface area contributed by atoms with Crippen LogP contribution in [0.5, 0.6) is 5.75 Å². The lowest BCUT2D eigenvalue weighted by molar-refractivity contribution is -0.123. The molecule has 2 heterocycles. The number of benzene rings is 1. The van der Waals surface area contributed by atoms with Crippen molar-refractivity contribution in [3.63, 3.8) is 0 Å². The van der Waals surface area contributed by atoms with E-state index in [9.17, 15) is 9.90 Å². The molecule has 0 fully saturated rings. The zero-order chi connectivity index (χ0) is 14.5. The number of ether oxygens (including phenoxy) is 2. The molecule has 106 valence electrons. The second-order valence-corrected chi connectivity index (χ2v) is 5.46. The summed E-state index contributed by atoms with van der Waals surface area (Å²) in [5, 5.41) is 11.2. The van der Waals surface area contributed by atoms with Gasteiger partial charge in [0.1, 0.15) is 29.1 Å². The lowest BCUT2D eigenvalue weighted by Gasteiger charge is -2.41. The Bertz CT molecular complexity index is 716. The van der Waals surface area contributed by atoms with Crippen LogP contribution in [0.15, 0.2) is 33.5 Å². The number of methoxy groups -OCH3 is 1. The maximum atomic E-state index is 11.5. The highest BCUT2D eigenvalue weighted by atomic mass is 16.5. The standard InChI is InChI=1S/C15H16O5/c1-15(2)14(17)13(18-3)11-9(20-15)6-4-8-5-7-10(16)19-12(8)11/h4-7,13-14,17H,1-3H3/t13-,14+/m1/s1. The van der Waals surface area contributed by atoms with Crippen LogP contribution in [-0.4, -0.2) is 23.9 Å². The molecule has 5 heteroatoms. The Labute approximate surface area is 115 Å². The molecule has 1 aliphatic rings. The first-order valence-electron chi connectivity index (χ1n) is 6.40. The van der Waals surface area contributed by atoms with Gasteiger partial charge in [0.05, 0.1) is 5.56 Å². The summed E-state index contributed by atoms with van der Waals surface area (Å²) in [7, 11) is 1.51. The normalized spacial score (nSPS) is 24.2. The van der Waals surface area contributed by atoms with Gasteiger partial charge in [0, 0.05) is 18.6 Å². The van der Waals surface area contributed by atoms with Gasteiger partial charge in [-0.25, -0.2) is 4.79 Å². The summed E-state index contributed by atoms with van der Waals surface area (Å²) >= 11 is 0. The first-order valence-corrected chi connectivity index (χ1v) is 6.40. The fourth-order valence-corrected chi connectivity index (χ4v) is 2.61. The van der Waals surface area contributed by atoms with Gasteiger partial charge in [-0.2, -0.15) is 0 Å². The molecule has 0 spiro atoms. The average Bonchev–Trinajstić information content (AvgIpc) is 2.40. The lowest BCUT2D eigenvalue weighted by Crippen LogP contribution is -2.49. The van der Waals surface area contributed by atoms with Gasteiger partial charge in [0.15, 0.2) is 0 Å². The zero-order valence-electron chi connectivity index (χ0n) is 11.5. The molecular formula is C15H16O5. The van der Waals surface area contributed by atoms with E-state index in [1.807, 2.05) is 6.07 Å². The van der Waals surface area contributed by atoms with E-state index in [0.717, 1.165) is 5.39 Å². The van der Waals surface area contributed by atoms with Crippen LogP contribution in [0, 0.1) is 0 Å². The second kappa shape index (κ2) is 4.33. The summed E-state index contributed by atoms with van der Waals surface area (Å²) in [6.45, 7) is 3.58. The third-order valence-corrected chi connectivity index (χ3v) is 3.70. The number of fused-ring (bicyclic) bond motifs is 3. The van der Waals surface area contributed by atoms with Gasteiger partial charge in [0.2, 0.25) is 0 Å². The van der Waals surface area contributed by atoms with Crippen LogP contribution in [0.3, 0.4) is 0 Å². The fraction of sp³-hybridized carbons (Fsp3) is 0.400. The molecule has 1 N–H and O–H groups in total. The molecular weight excluding hydrogens is 260 g/mol. The molecule has 20 heavy (non-hydrogen) atoms. The predicted octanol–water partition coefficient (Wildman–Crippen LogP) is 2.01. The number of aliphatic hydroxyl groups is 1. The van der Waals surface area contributed by atoms with Crippen molar-refractivity contribution in [3.05, 3.63) is 40.2 Å². The van der Waals surface area contributed by atoms with Crippen molar-refractivity contribution < 1.29 is 19.0 Å². The number of hydrogen-bond donors (Lipinski definition) is 1. The van der Waals surface area contributed by atoms with Crippen molar-refractivity contribution in [2.75, 3.05) is 7.11 Å². The second-order valence-electron chi connectivity index (χ2n) is 5.46. The van der Waals surface area contributed by atoms with E-state index >= 15 is 0 Å². The van der Waals surface area contributed by atoms with E-state index < -0.39 is 23.4 Å². The van der Waals surface area contributed by atoms with Crippen LogP contribution in [-0.2, 0) is 4.74 Å². The van der Waals surface area contributed by atoms with Gasteiger partial charge < -0.3 is 19.0 Å². The molecule has 1 aromatic carbocycles. The zero-order valence-corrected chi connectivity index (χ0v) is 11.5. The highest BCUT2D eigenvalue weighted by Gasteiger charge is 2.44. The predicted molar refractivity (Wildman–Crippen MR) is 72.9 cm³/mol. The van der Waals surface area contributed by atoms with E-state index in [2.05, 4.69) is 0 Å². The molecule has 0 aliphatic carbocycles. The Kier molecular flexibility index (Phi) is 2.84. The third kappa shape index (κ3) is 1.82. The SMILES string of the molecule is CO[C@@H]1c2c(ccc3ccc(=O)oc23)OC(C)(C)[C@H]1O. The van der Waals surface area contributed by atoms with Gasteiger partial charge in [0.25, 0.3) is 0 Å². The van der Waals surface area contributed by atoms with Crippen molar-refractivity contribution >= 4 is 11.0 Å². The van der Waals surface area contributed by atoms with Crippen molar-refractivity contribution in [1.29, 1.82) is 0 Å². The molecule has 0 unspecified atom stereocenters. The Morgan fingerprint density at radius 2 is 1.95 bits per heavy atom. The Balaban J connectivity index is 2.34. The Morgan fingerprint density at radius 3 is 2.65 bits per heavy atom. The molecule has 2 aromatic rings. The van der Waals surface area contributed by atoms with Crippen LogP contribution in [0.4, 0.5) is 0 Å². The molecule has 5 nitrogen and oxygen atoms in total. The number of aliphatic hydroxyl groups excluding tert-OH is 1. The van der Waals surface area contributed by atoms with Crippen LogP contribution in [0.25, 0.3) is 11.0 Å². The quantitative estimate of drug-likeness (QED) is 0.807. The number of hydrogen-bond acceptors (Lipinski definition) is 5. The average molecular weight is 276 g/mol. The molecule has 1 aromatic heterocycles. The molecule has 0 amide bonds. The minimum absolute atomic E-state index is 0.399. The highest BCUT2D eigenvalue weighted by molar-refractivity contribution is 5.83. The fourth-order valence-electron chi connectivity index (χ4n) is 2.61. The molecule has 0 radical (unpaired) electrons. The van der Waals surface area contributed by atoms with E-state index in [1.54, 1.807) is 26.0 Å². The molecule has 0 saturated carbocycles. The van der Waals surface area contributed by atoms with Crippen LogP contribution >= 0.6 is 0 Å². The smallest absolute Gasteiger partial charge is 0.336 e. The van der Waals surface area contributed by atoms with Gasteiger partial charge in [-0.3, -0.25) is 0 Å². The third-order valence-electron chi connectivity index (χ3n) is 3.70. The Morgan fingerprint density at radius 1 is 1.25 bits per heavy atom. The number of rotatable bonds is 1. The summed E-state index contributed by atoms with van der Waals surface area (Å²) in [4.78, 5) is 11.5. The summed E-state index contributed by atoms with van der Waals surface area (Å²) < 4.78 is 16.5. The van der Waals surface area contributed by atoms with Gasteiger partial charge in [-0.1, -0.05) is 0 Å².